The number of rotatable bonds is 5. The Kier molecular flexibility index (Phi) is 5.91. The van der Waals surface area contributed by atoms with Crippen LogP contribution in [0, 0.1) is 11.3 Å². The molecule has 0 spiro atoms. The molecule has 6 nitrogen and oxygen atoms in total. The zero-order valence-electron chi connectivity index (χ0n) is 13.9. The largest absolute Gasteiger partial charge is 0.433 e. The molecule has 2 aromatic heterocycles. The number of anilines is 1. The van der Waals surface area contributed by atoms with Crippen LogP contribution in [0.15, 0.2) is 46.9 Å². The molecule has 0 saturated heterocycles. The van der Waals surface area contributed by atoms with E-state index in [4.69, 9.17) is 5.26 Å². The summed E-state index contributed by atoms with van der Waals surface area (Å²) in [6.07, 6.45) is -3.70. The molecule has 142 valence electrons. The number of pyridine rings is 1. The van der Waals surface area contributed by atoms with E-state index in [0.29, 0.717) is 15.7 Å². The number of nitrogens with zero attached hydrogens (tertiary/aromatic N) is 4. The average Bonchev–Trinajstić information content (AvgIpc) is 3.13. The second-order valence-electron chi connectivity index (χ2n) is 5.35. The molecule has 0 unspecified atom stereocenters. The first-order chi connectivity index (χ1) is 13.3. The number of alkyl halides is 3. The second-order valence-corrected chi connectivity index (χ2v) is 7.55. The Morgan fingerprint density at radius 1 is 1.18 bits per heavy atom. The van der Waals surface area contributed by atoms with Crippen LogP contribution in [0.4, 0.5) is 18.3 Å². The first kappa shape index (κ1) is 19.8. The fourth-order valence-corrected chi connectivity index (χ4v) is 3.71. The maximum absolute atomic E-state index is 12.5. The lowest BCUT2D eigenvalue weighted by Gasteiger charge is -2.06. The van der Waals surface area contributed by atoms with Gasteiger partial charge in [0.2, 0.25) is 5.13 Å². The lowest BCUT2D eigenvalue weighted by atomic mass is 10.2. The third-order valence-electron chi connectivity index (χ3n) is 3.39. The van der Waals surface area contributed by atoms with Gasteiger partial charge in [-0.1, -0.05) is 35.2 Å². The Morgan fingerprint density at radius 2 is 1.93 bits per heavy atom. The van der Waals surface area contributed by atoms with Gasteiger partial charge in [0.25, 0.3) is 5.91 Å². The van der Waals surface area contributed by atoms with E-state index in [1.165, 1.54) is 11.8 Å². The van der Waals surface area contributed by atoms with Crippen LogP contribution in [0.25, 0.3) is 0 Å². The molecule has 0 aliphatic heterocycles. The van der Waals surface area contributed by atoms with Gasteiger partial charge >= 0.3 is 6.18 Å². The maximum Gasteiger partial charge on any atom is 0.433 e. The van der Waals surface area contributed by atoms with Crippen LogP contribution < -0.4 is 5.32 Å². The average molecular weight is 421 g/mol. The smallest absolute Gasteiger partial charge is 0.296 e. The number of amides is 1. The Morgan fingerprint density at radius 3 is 2.54 bits per heavy atom. The summed E-state index contributed by atoms with van der Waals surface area (Å²) in [6.45, 7) is 0. The number of carbonyl (C=O) groups excluding carboxylic acids is 1. The minimum Gasteiger partial charge on any atom is -0.296 e. The SMILES string of the molecule is N#Cc1ccc(CSc2nnc(NC(=O)c3ccc(C(F)(F)F)nc3)s2)cc1. The third kappa shape index (κ3) is 5.05. The molecule has 11 heteroatoms. The summed E-state index contributed by atoms with van der Waals surface area (Å²) >= 11 is 2.55. The molecule has 2 heterocycles. The third-order valence-corrected chi connectivity index (χ3v) is 5.43. The first-order valence-corrected chi connectivity index (χ1v) is 9.45. The van der Waals surface area contributed by atoms with Gasteiger partial charge < -0.3 is 0 Å². The summed E-state index contributed by atoms with van der Waals surface area (Å²) in [4.78, 5) is 15.3. The van der Waals surface area contributed by atoms with Crippen molar-refractivity contribution in [3.05, 3.63) is 65.0 Å². The molecular formula is C17H10F3N5OS2. The topological polar surface area (TPSA) is 91.6 Å². The highest BCUT2D eigenvalue weighted by atomic mass is 32.2. The Bertz CT molecular complexity index is 1010. The lowest BCUT2D eigenvalue weighted by Crippen LogP contribution is -2.14. The van der Waals surface area contributed by atoms with Crippen LogP contribution in [0.3, 0.4) is 0 Å². The highest BCUT2D eigenvalue weighted by Crippen LogP contribution is 2.29. The Hall–Kier alpha value is -2.97. The Balaban J connectivity index is 1.57. The maximum atomic E-state index is 12.5. The molecule has 0 aliphatic carbocycles. The lowest BCUT2D eigenvalue weighted by molar-refractivity contribution is -0.141. The number of nitrogens with one attached hydrogen (secondary N) is 1. The number of thioether (sulfide) groups is 1. The van der Waals surface area contributed by atoms with Crippen LogP contribution in [0.1, 0.15) is 27.2 Å². The molecule has 0 fully saturated rings. The predicted molar refractivity (Wildman–Crippen MR) is 97.8 cm³/mol. The summed E-state index contributed by atoms with van der Waals surface area (Å²) in [5.74, 6) is -0.0158. The van der Waals surface area contributed by atoms with Crippen LogP contribution in [0.5, 0.6) is 0 Å². The molecule has 1 amide bonds. The molecule has 3 aromatic rings. The number of hydrogen-bond donors (Lipinski definition) is 1. The van der Waals surface area contributed by atoms with Gasteiger partial charge in [-0.25, -0.2) is 0 Å². The molecule has 0 aliphatic rings. The van der Waals surface area contributed by atoms with Crippen molar-refractivity contribution in [2.45, 2.75) is 16.3 Å². The fraction of sp³-hybridized carbons (Fsp3) is 0.118. The number of hydrogen-bond acceptors (Lipinski definition) is 7. The molecule has 0 bridgehead atoms. The summed E-state index contributed by atoms with van der Waals surface area (Å²) in [5, 5.41) is 19.3. The quantitative estimate of drug-likeness (QED) is 0.486. The second kappa shape index (κ2) is 8.37. The summed E-state index contributed by atoms with van der Waals surface area (Å²) in [5.41, 5.74) is 0.490. The highest BCUT2D eigenvalue weighted by Gasteiger charge is 2.32. The van der Waals surface area contributed by atoms with Crippen molar-refractivity contribution in [2.24, 2.45) is 0 Å². The first-order valence-electron chi connectivity index (χ1n) is 7.65. The predicted octanol–water partition coefficient (Wildman–Crippen LogP) is 4.37. The zero-order valence-corrected chi connectivity index (χ0v) is 15.5. The molecule has 1 aromatic carbocycles. The minimum atomic E-state index is -4.56. The zero-order chi connectivity index (χ0) is 20.1. The van der Waals surface area contributed by atoms with E-state index in [-0.39, 0.29) is 10.7 Å². The standard InChI is InChI=1S/C17H10F3N5OS2/c18-17(19,20)13-6-5-12(8-22-13)14(26)23-15-24-25-16(28-15)27-9-11-3-1-10(7-21)2-4-11/h1-6,8H,9H2,(H,23,24,26). The molecule has 0 saturated carbocycles. The van der Waals surface area contributed by atoms with Gasteiger partial charge in [0.15, 0.2) is 4.34 Å². The van der Waals surface area contributed by atoms with E-state index < -0.39 is 17.8 Å². The van der Waals surface area contributed by atoms with E-state index >= 15 is 0 Å². The summed E-state index contributed by atoms with van der Waals surface area (Å²) < 4.78 is 38.1. The van der Waals surface area contributed by atoms with E-state index in [9.17, 15) is 18.0 Å². The van der Waals surface area contributed by atoms with Crippen LogP contribution in [-0.2, 0) is 11.9 Å². The molecule has 1 N–H and O–H groups in total. The van der Waals surface area contributed by atoms with Gasteiger partial charge in [0, 0.05) is 11.9 Å². The van der Waals surface area contributed by atoms with Gasteiger partial charge in [-0.15, -0.1) is 10.2 Å². The molecule has 0 atom stereocenters. The van der Waals surface area contributed by atoms with Gasteiger partial charge in [0.05, 0.1) is 17.2 Å². The van der Waals surface area contributed by atoms with Crippen molar-refractivity contribution in [3.63, 3.8) is 0 Å². The number of nitriles is 1. The number of halogens is 3. The van der Waals surface area contributed by atoms with E-state index in [0.717, 1.165) is 35.2 Å². The Labute approximate surface area is 165 Å². The summed E-state index contributed by atoms with van der Waals surface area (Å²) in [7, 11) is 0. The highest BCUT2D eigenvalue weighted by molar-refractivity contribution is 8.00. The van der Waals surface area contributed by atoms with Crippen molar-refractivity contribution >= 4 is 34.1 Å². The number of aromatic nitrogens is 3. The van der Waals surface area contributed by atoms with E-state index in [1.807, 2.05) is 18.2 Å². The van der Waals surface area contributed by atoms with Crippen LogP contribution >= 0.6 is 23.1 Å². The molecular weight excluding hydrogens is 411 g/mol. The van der Waals surface area contributed by atoms with Crippen molar-refractivity contribution < 1.29 is 18.0 Å². The minimum absolute atomic E-state index is 0.0185. The van der Waals surface area contributed by atoms with Gasteiger partial charge in [-0.05, 0) is 29.8 Å². The van der Waals surface area contributed by atoms with Crippen LogP contribution in [0.2, 0.25) is 0 Å². The van der Waals surface area contributed by atoms with Gasteiger partial charge in [-0.3, -0.25) is 15.1 Å². The van der Waals surface area contributed by atoms with Crippen molar-refractivity contribution in [1.82, 2.24) is 15.2 Å². The van der Waals surface area contributed by atoms with Crippen molar-refractivity contribution in [1.29, 1.82) is 5.26 Å². The van der Waals surface area contributed by atoms with Gasteiger partial charge in [0.1, 0.15) is 5.69 Å². The van der Waals surface area contributed by atoms with Gasteiger partial charge in [-0.2, -0.15) is 18.4 Å². The number of benzene rings is 1. The van der Waals surface area contributed by atoms with Crippen molar-refractivity contribution in [2.75, 3.05) is 5.32 Å². The fourth-order valence-electron chi connectivity index (χ4n) is 2.00. The monoisotopic (exact) mass is 421 g/mol. The summed E-state index contributed by atoms with van der Waals surface area (Å²) in [6, 6.07) is 11.0. The molecule has 28 heavy (non-hydrogen) atoms. The number of carbonyl (C=O) groups is 1. The van der Waals surface area contributed by atoms with E-state index in [1.54, 1.807) is 12.1 Å². The molecule has 0 radical (unpaired) electrons. The normalized spacial score (nSPS) is 11.1. The van der Waals surface area contributed by atoms with Crippen LogP contribution in [-0.4, -0.2) is 21.1 Å². The molecule has 3 rings (SSSR count). The van der Waals surface area contributed by atoms with E-state index in [2.05, 4.69) is 20.5 Å². The van der Waals surface area contributed by atoms with Crippen molar-refractivity contribution in [3.8, 4) is 6.07 Å².